The zero-order chi connectivity index (χ0) is 84.7. The van der Waals surface area contributed by atoms with Crippen molar-refractivity contribution in [1.82, 2.24) is 113 Å². The molecule has 0 fully saturated rings. The van der Waals surface area contributed by atoms with Crippen LogP contribution in [0.2, 0.25) is 0 Å². The maximum atomic E-state index is 14.8. The Morgan fingerprint density at radius 1 is 0.718 bits per heavy atom. The van der Waals surface area contributed by atoms with E-state index in [0.717, 1.165) is 6.92 Å². The number of carboxylic acids is 2. The highest BCUT2D eigenvalue weighted by molar-refractivity contribution is 6.00. The number of hydrogen-bond donors (Lipinski definition) is 21. The maximum Gasteiger partial charge on any atom is 0.326 e. The third-order valence-electron chi connectivity index (χ3n) is 18.3. The van der Waals surface area contributed by atoms with Gasteiger partial charge in [0.15, 0.2) is 16.9 Å². The molecule has 11 amide bonds. The van der Waals surface area contributed by atoms with E-state index in [1.807, 2.05) is 0 Å². The number of carboxylic acid groups (broad SMARTS) is 2. The number of aryl methyl sites for hydroxylation is 1. The number of hydrogen-bond acceptors (Lipinski definition) is 28. The highest BCUT2D eigenvalue weighted by Crippen LogP contribution is 2.18. The number of Topliss-reactive ketones (excluding diaryl/α,β-unsaturated/α-hetero) is 1. The number of imidazole rings is 2. The van der Waals surface area contributed by atoms with Crippen molar-refractivity contribution in [2.45, 2.75) is 171 Å². The van der Waals surface area contributed by atoms with Gasteiger partial charge in [-0.25, -0.2) is 35.4 Å². The van der Waals surface area contributed by atoms with Crippen LogP contribution in [0.5, 0.6) is 0 Å². The lowest BCUT2D eigenvalue weighted by Gasteiger charge is -2.27. The number of aliphatic carboxylic acids is 2. The van der Waals surface area contributed by atoms with Crippen LogP contribution in [0.4, 0.5) is 11.6 Å². The number of benzene rings is 2. The molecule has 7 aromatic rings. The van der Waals surface area contributed by atoms with Crippen LogP contribution in [0, 0.1) is 5.92 Å². The number of aliphatic hydroxyl groups excluding tert-OH is 2. The van der Waals surface area contributed by atoms with E-state index >= 15 is 0 Å². The minimum Gasteiger partial charge on any atom is -0.480 e. The van der Waals surface area contributed by atoms with Crippen LogP contribution >= 0.6 is 0 Å². The minimum absolute atomic E-state index is 0.0166. The third kappa shape index (κ3) is 28.2. The van der Waals surface area contributed by atoms with Crippen molar-refractivity contribution in [3.63, 3.8) is 0 Å². The molecule has 23 N–H and O–H groups in total. The fourth-order valence-corrected chi connectivity index (χ4v) is 12.1. The number of unbranched alkanes of at least 4 members (excludes halogenated alkanes) is 1. The van der Waals surface area contributed by atoms with Gasteiger partial charge < -0.3 is 99.9 Å². The molecular weight excluding hydrogens is 1530 g/mol. The summed E-state index contributed by atoms with van der Waals surface area (Å²) in [5, 5.41) is 80.7. The van der Waals surface area contributed by atoms with E-state index < -0.39 is 200 Å². The first kappa shape index (κ1) is 89.0. The number of nitrogens with one attached hydrogen (secondary N) is 15. The van der Waals surface area contributed by atoms with Crippen molar-refractivity contribution in [3.05, 3.63) is 136 Å². The van der Waals surface area contributed by atoms with Crippen molar-refractivity contribution < 1.29 is 92.4 Å². The number of anilines is 2. The molecule has 5 aromatic heterocycles. The number of aliphatic hydroxyl groups is 2. The Bertz CT molecular complexity index is 4660. The fraction of sp³-hybridized carbons (Fsp3) is 0.444. The molecule has 0 radical (unpaired) electrons. The van der Waals surface area contributed by atoms with E-state index in [9.17, 15) is 92.3 Å². The summed E-state index contributed by atoms with van der Waals surface area (Å²) in [6.45, 7) is 0.401. The van der Waals surface area contributed by atoms with Gasteiger partial charge in [0, 0.05) is 92.3 Å². The van der Waals surface area contributed by atoms with Gasteiger partial charge >= 0.3 is 11.9 Å². The highest BCUT2D eigenvalue weighted by atomic mass is 16.6. The zero-order valence-electron chi connectivity index (χ0n) is 63.5. The zero-order valence-corrected chi connectivity index (χ0v) is 63.5. The molecule has 0 unspecified atom stereocenters. The number of fused-ring (bicyclic) bond motifs is 3. The first-order chi connectivity index (χ1) is 56.0. The van der Waals surface area contributed by atoms with Crippen LogP contribution < -0.4 is 81.0 Å². The molecule has 0 spiro atoms. The molecule has 6 heterocycles. The Balaban J connectivity index is 1.01. The number of amides is 11. The molecule has 45 nitrogen and oxygen atoms in total. The lowest BCUT2D eigenvalue weighted by molar-refractivity contribution is -0.143. The molecule has 2 aromatic carbocycles. The van der Waals surface area contributed by atoms with Gasteiger partial charge in [0.1, 0.15) is 61.0 Å². The van der Waals surface area contributed by atoms with E-state index in [2.05, 4.69) is 119 Å². The van der Waals surface area contributed by atoms with Crippen molar-refractivity contribution in [2.24, 2.45) is 11.8 Å². The van der Waals surface area contributed by atoms with Crippen LogP contribution in [0.25, 0.3) is 11.2 Å². The number of aromatic nitrogens is 11. The molecule has 626 valence electrons. The second-order valence-corrected chi connectivity index (χ2v) is 27.5. The van der Waals surface area contributed by atoms with Gasteiger partial charge in [0.2, 0.25) is 65.0 Å². The molecule has 45 heteroatoms. The third-order valence-corrected chi connectivity index (χ3v) is 18.3. The van der Waals surface area contributed by atoms with Gasteiger partial charge in [-0.3, -0.25) is 76.8 Å². The molecule has 117 heavy (non-hydrogen) atoms. The second kappa shape index (κ2) is 44.2. The summed E-state index contributed by atoms with van der Waals surface area (Å²) >= 11 is 0. The number of rotatable bonds is 33. The number of nitrogen functional groups attached to an aromatic ring is 1. The first-order valence-electron chi connectivity index (χ1n) is 37.1. The van der Waals surface area contributed by atoms with Crippen molar-refractivity contribution in [2.75, 3.05) is 37.4 Å². The smallest absolute Gasteiger partial charge is 0.326 e. The van der Waals surface area contributed by atoms with Crippen molar-refractivity contribution in [3.8, 4) is 0 Å². The van der Waals surface area contributed by atoms with Crippen LogP contribution in [0.15, 0.2) is 96.8 Å². The Labute approximate surface area is 665 Å². The monoisotopic (exact) mass is 1630 g/mol. The summed E-state index contributed by atoms with van der Waals surface area (Å²) in [4.78, 5) is 238. The average Bonchev–Trinajstić information content (AvgIpc) is 1.04. The topological polar surface area (TPSA) is 685 Å². The standard InChI is InChI=1S/C72H93N25O20/c1-37-60(103)86-48(63(106)80-31-47(100)23-41(22-39-10-4-3-5-11-39)62(105)87-49(70(113)114)13-6-8-20-77-56(102)34-117-74)12-7-9-21-97-32-45(95-96-97)26-51(85-55(101)19-18-50(71(115)116)88-61(104)40-14-16-42(17-15-40)78-29-46-30-79-59-58(84-46)69(112)94-72(73)93-59)64(107)89-52(24-43-27-75-35-81-43)65(108)91-54(33-98)67(110)90-53(25-44-28-76-36-82-44)66(109)92-57(38(2)99)68(111)83-37/h3-5,10-11,14-17,27-28,30,32,35-38,41,48-54,57,78,98-99H,6-9,12-13,18-26,29,31,33-34,74H2,1-2H3,(H,75,81)(H,76,82)(H,77,102)(H,80,106)(H,83,111)(H,85,101)(H,86,103)(H,87,105)(H,88,104)(H,89,107)(H,90,110)(H,91,108)(H,92,109)(H,113,114)(H,115,116)(H3,73,79,93,94,112)/t37-,38+,41-,48+,49+,50+,51+,52-,53-,54-,57-/m1/s1. The van der Waals surface area contributed by atoms with Gasteiger partial charge in [0.25, 0.3) is 11.5 Å². The molecular formula is C72H93N25O20. The van der Waals surface area contributed by atoms with Gasteiger partial charge in [-0.2, -0.15) is 4.98 Å². The maximum absolute atomic E-state index is 14.8. The van der Waals surface area contributed by atoms with Gasteiger partial charge in [-0.05, 0) is 95.0 Å². The Morgan fingerprint density at radius 3 is 2.03 bits per heavy atom. The van der Waals surface area contributed by atoms with Crippen LogP contribution in [0.1, 0.15) is 110 Å². The quantitative estimate of drug-likeness (QED) is 0.0135. The molecule has 1 aliphatic rings. The number of nitrogens with two attached hydrogens (primary N) is 2. The number of aromatic amines is 3. The van der Waals surface area contributed by atoms with Gasteiger partial charge in [-0.1, -0.05) is 35.5 Å². The fourth-order valence-electron chi connectivity index (χ4n) is 12.1. The predicted molar refractivity (Wildman–Crippen MR) is 407 cm³/mol. The minimum atomic E-state index is -1.90. The second-order valence-electron chi connectivity index (χ2n) is 27.5. The summed E-state index contributed by atoms with van der Waals surface area (Å²) in [6.07, 6.45) is 3.86. The lowest BCUT2D eigenvalue weighted by Crippen LogP contribution is -2.62. The summed E-state index contributed by atoms with van der Waals surface area (Å²) < 4.78 is 1.34. The van der Waals surface area contributed by atoms with Gasteiger partial charge in [0.05, 0.1) is 56.0 Å². The van der Waals surface area contributed by atoms with E-state index in [1.165, 1.54) is 73.3 Å². The summed E-state index contributed by atoms with van der Waals surface area (Å²) in [7, 11) is 0. The molecule has 0 saturated carbocycles. The molecule has 8 rings (SSSR count). The lowest BCUT2D eigenvalue weighted by atomic mass is 9.92. The average molecular weight is 1630 g/mol. The Hall–Kier alpha value is -13.6. The number of carbonyl (C=O) groups excluding carboxylic acids is 12. The SMILES string of the molecule is C[C@H](O)[C@H]1NC(=O)[C@@H](Cc2cnc[nH]2)NC(=O)[C@@H](CO)NC(=O)[C@@H](Cc2cnc[nH]2)NC(=O)[C@@H](NC(=O)CC[C@H](NC(=O)c2ccc(NCc3cnc4nc(N)[nH]c(=O)c4n3)cc2)C(=O)O)Cc2cn(nn2)CCCC[C@@H](C(=O)NCC(=O)C[C@@H](Cc2ccccc2)C(=O)N[C@@H](CCCCNC(=O)CON)C(=O)O)NC(=O)[C@@H](C)NC1=O. The predicted octanol–water partition coefficient (Wildman–Crippen LogP) is -5.71. The molecule has 1 aliphatic heterocycles. The highest BCUT2D eigenvalue weighted by Gasteiger charge is 2.37. The normalized spacial score (nSPS) is 19.2. The van der Waals surface area contributed by atoms with Crippen molar-refractivity contribution in [1.29, 1.82) is 0 Å². The summed E-state index contributed by atoms with van der Waals surface area (Å²) in [5.74, 6) is -10.5. The van der Waals surface area contributed by atoms with E-state index in [-0.39, 0.29) is 111 Å². The largest absolute Gasteiger partial charge is 0.480 e. The number of H-pyrrole nitrogens is 3. The number of nitrogens with zero attached hydrogens (tertiary/aromatic N) is 8. The van der Waals surface area contributed by atoms with E-state index in [4.69, 9.17) is 11.6 Å². The molecule has 0 aliphatic carbocycles. The van der Waals surface area contributed by atoms with Crippen molar-refractivity contribution >= 4 is 106 Å². The Kier molecular flexibility index (Phi) is 33.6. The summed E-state index contributed by atoms with van der Waals surface area (Å²) in [5.41, 5.74) is 7.01. The van der Waals surface area contributed by atoms with Crippen LogP contribution in [-0.2, 0) is 106 Å². The number of carbonyl (C=O) groups is 14. The first-order valence-corrected chi connectivity index (χ1v) is 37.1. The van der Waals surface area contributed by atoms with Gasteiger partial charge in [-0.15, -0.1) is 5.10 Å². The van der Waals surface area contributed by atoms with Crippen LogP contribution in [-0.4, -0.2) is 245 Å². The molecule has 11 atom stereocenters. The van der Waals surface area contributed by atoms with E-state index in [0.29, 0.717) is 23.4 Å². The number of ketones is 1. The van der Waals surface area contributed by atoms with Crippen LogP contribution in [0.3, 0.4) is 0 Å². The molecule has 2 bridgehead atoms. The summed E-state index contributed by atoms with van der Waals surface area (Å²) in [6, 6.07) is -0.575. The van der Waals surface area contributed by atoms with E-state index in [1.54, 1.807) is 30.3 Å². The molecule has 0 saturated heterocycles. The Morgan fingerprint density at radius 2 is 1.38 bits per heavy atom.